The Morgan fingerprint density at radius 2 is 1.48 bits per heavy atom. The van der Waals surface area contributed by atoms with Gasteiger partial charge in [0.15, 0.2) is 11.5 Å². The number of nitrogens with one attached hydrogen (secondary N) is 1. The van der Waals surface area contributed by atoms with Crippen molar-refractivity contribution in [1.82, 2.24) is 9.80 Å². The number of rotatable bonds is 2. The molecule has 2 aromatic carbocycles. The Hall–Kier alpha value is -3.22. The molecule has 2 aromatic rings. The lowest BCUT2D eigenvalue weighted by molar-refractivity contribution is 0.0670. The largest absolute Gasteiger partial charge is 0.486 e. The number of carbonyl (C=O) groups excluding carboxylic acids is 2. The second-order valence-corrected chi connectivity index (χ2v) is 6.43. The van der Waals surface area contributed by atoms with E-state index in [1.54, 1.807) is 28.0 Å². The predicted octanol–water partition coefficient (Wildman–Crippen LogP) is 2.45. The molecule has 0 bridgehead atoms. The zero-order chi connectivity index (χ0) is 18.6. The summed E-state index contributed by atoms with van der Waals surface area (Å²) < 4.78 is 11.0. The lowest BCUT2D eigenvalue weighted by Gasteiger charge is -2.34. The maximum atomic E-state index is 12.8. The van der Waals surface area contributed by atoms with E-state index in [2.05, 4.69) is 5.32 Å². The summed E-state index contributed by atoms with van der Waals surface area (Å²) in [5.41, 5.74) is 1.33. The number of benzene rings is 2. The third kappa shape index (κ3) is 3.81. The van der Waals surface area contributed by atoms with Crippen molar-refractivity contribution in [3.05, 3.63) is 54.1 Å². The van der Waals surface area contributed by atoms with Gasteiger partial charge in [0, 0.05) is 37.4 Å². The summed E-state index contributed by atoms with van der Waals surface area (Å²) in [4.78, 5) is 28.6. The number of hydrogen-bond donors (Lipinski definition) is 1. The van der Waals surface area contributed by atoms with Crippen molar-refractivity contribution >= 4 is 17.6 Å². The van der Waals surface area contributed by atoms with E-state index in [4.69, 9.17) is 9.47 Å². The van der Waals surface area contributed by atoms with Gasteiger partial charge in [-0.2, -0.15) is 0 Å². The van der Waals surface area contributed by atoms with Gasteiger partial charge in [-0.1, -0.05) is 18.2 Å². The highest BCUT2D eigenvalue weighted by Gasteiger charge is 2.26. The van der Waals surface area contributed by atoms with Gasteiger partial charge in [-0.15, -0.1) is 0 Å². The minimum Gasteiger partial charge on any atom is -0.486 e. The zero-order valence-electron chi connectivity index (χ0n) is 14.9. The number of hydrogen-bond acceptors (Lipinski definition) is 4. The summed E-state index contributed by atoms with van der Waals surface area (Å²) in [6.45, 7) is 2.99. The van der Waals surface area contributed by atoms with E-state index in [-0.39, 0.29) is 11.9 Å². The fraction of sp³-hybridized carbons (Fsp3) is 0.300. The molecule has 0 radical (unpaired) electrons. The van der Waals surface area contributed by atoms with Crippen LogP contribution in [0, 0.1) is 0 Å². The maximum Gasteiger partial charge on any atom is 0.321 e. The number of fused-ring (bicyclic) bond motifs is 1. The first-order valence-corrected chi connectivity index (χ1v) is 9.00. The van der Waals surface area contributed by atoms with Crippen LogP contribution in [0.25, 0.3) is 0 Å². The second kappa shape index (κ2) is 7.57. The number of amides is 3. The van der Waals surface area contributed by atoms with Crippen molar-refractivity contribution in [3.8, 4) is 11.5 Å². The molecule has 1 N–H and O–H groups in total. The third-order valence-electron chi connectivity index (χ3n) is 4.67. The molecule has 27 heavy (non-hydrogen) atoms. The normalized spacial score (nSPS) is 16.0. The molecule has 0 aromatic heterocycles. The molecular formula is C20H21N3O4. The number of ether oxygens (including phenoxy) is 2. The van der Waals surface area contributed by atoms with Gasteiger partial charge in [-0.25, -0.2) is 4.79 Å². The zero-order valence-corrected chi connectivity index (χ0v) is 14.9. The van der Waals surface area contributed by atoms with Crippen molar-refractivity contribution in [2.75, 3.05) is 44.7 Å². The molecule has 140 valence electrons. The molecule has 3 amide bonds. The Morgan fingerprint density at radius 3 is 2.22 bits per heavy atom. The minimum absolute atomic E-state index is 0.0601. The topological polar surface area (TPSA) is 71.1 Å². The predicted molar refractivity (Wildman–Crippen MR) is 100 cm³/mol. The van der Waals surface area contributed by atoms with Gasteiger partial charge in [0.25, 0.3) is 5.91 Å². The smallest absolute Gasteiger partial charge is 0.321 e. The Morgan fingerprint density at radius 1 is 0.815 bits per heavy atom. The van der Waals surface area contributed by atoms with Crippen molar-refractivity contribution in [2.45, 2.75) is 0 Å². The Kier molecular flexibility index (Phi) is 4.82. The highest BCUT2D eigenvalue weighted by Crippen LogP contribution is 2.31. The molecule has 2 aliphatic heterocycles. The van der Waals surface area contributed by atoms with Gasteiger partial charge in [0.2, 0.25) is 0 Å². The maximum absolute atomic E-state index is 12.8. The first kappa shape index (κ1) is 17.2. The number of urea groups is 1. The highest BCUT2D eigenvalue weighted by atomic mass is 16.6. The number of anilines is 1. The molecule has 0 unspecified atom stereocenters. The molecule has 0 saturated carbocycles. The number of para-hydroxylation sites is 1. The van der Waals surface area contributed by atoms with Crippen LogP contribution in [0.4, 0.5) is 10.5 Å². The molecule has 0 spiro atoms. The molecule has 1 fully saturated rings. The Balaban J connectivity index is 1.35. The molecule has 7 nitrogen and oxygen atoms in total. The van der Waals surface area contributed by atoms with Crippen LogP contribution < -0.4 is 14.8 Å². The van der Waals surface area contributed by atoms with E-state index >= 15 is 0 Å². The van der Waals surface area contributed by atoms with Crippen molar-refractivity contribution < 1.29 is 19.1 Å². The second-order valence-electron chi connectivity index (χ2n) is 6.43. The quantitative estimate of drug-likeness (QED) is 0.885. The van der Waals surface area contributed by atoms with Crippen LogP contribution in [-0.4, -0.2) is 61.1 Å². The standard InChI is InChI=1S/C20H21N3O4/c24-19(15-6-7-17-18(14-15)27-13-12-26-17)22-8-10-23(11-9-22)20(25)21-16-4-2-1-3-5-16/h1-7,14H,8-13H2,(H,21,25). The average molecular weight is 367 g/mol. The van der Waals surface area contributed by atoms with Crippen LogP contribution in [0.3, 0.4) is 0 Å². The fourth-order valence-electron chi connectivity index (χ4n) is 3.20. The van der Waals surface area contributed by atoms with Gasteiger partial charge >= 0.3 is 6.03 Å². The molecule has 1 saturated heterocycles. The van der Waals surface area contributed by atoms with Crippen molar-refractivity contribution in [1.29, 1.82) is 0 Å². The lowest BCUT2D eigenvalue weighted by Crippen LogP contribution is -2.51. The molecule has 4 rings (SSSR count). The molecule has 2 heterocycles. The van der Waals surface area contributed by atoms with Gasteiger partial charge in [-0.3, -0.25) is 4.79 Å². The van der Waals surface area contributed by atoms with E-state index < -0.39 is 0 Å². The number of carbonyl (C=O) groups is 2. The van der Waals surface area contributed by atoms with Crippen LogP contribution >= 0.6 is 0 Å². The monoisotopic (exact) mass is 367 g/mol. The Labute approximate surface area is 157 Å². The van der Waals surface area contributed by atoms with Gasteiger partial charge < -0.3 is 24.6 Å². The van der Waals surface area contributed by atoms with Crippen LogP contribution in [0.1, 0.15) is 10.4 Å². The van der Waals surface area contributed by atoms with E-state index in [1.165, 1.54) is 0 Å². The summed E-state index contributed by atoms with van der Waals surface area (Å²) in [6, 6.07) is 14.4. The van der Waals surface area contributed by atoms with Crippen LogP contribution in [0.15, 0.2) is 48.5 Å². The van der Waals surface area contributed by atoms with Gasteiger partial charge in [0.1, 0.15) is 13.2 Å². The van der Waals surface area contributed by atoms with E-state index in [9.17, 15) is 9.59 Å². The first-order chi connectivity index (χ1) is 13.2. The van der Waals surface area contributed by atoms with Crippen molar-refractivity contribution in [2.24, 2.45) is 0 Å². The fourth-order valence-corrected chi connectivity index (χ4v) is 3.20. The molecule has 0 atom stereocenters. The summed E-state index contributed by atoms with van der Waals surface area (Å²) >= 11 is 0. The first-order valence-electron chi connectivity index (χ1n) is 9.00. The molecule has 2 aliphatic rings. The van der Waals surface area contributed by atoms with Gasteiger partial charge in [-0.05, 0) is 30.3 Å². The molecule has 7 heteroatoms. The average Bonchev–Trinajstić information content (AvgIpc) is 2.73. The van der Waals surface area contributed by atoms with Gasteiger partial charge in [0.05, 0.1) is 0 Å². The van der Waals surface area contributed by atoms with Crippen molar-refractivity contribution in [3.63, 3.8) is 0 Å². The lowest BCUT2D eigenvalue weighted by atomic mass is 10.1. The number of piperazine rings is 1. The van der Waals surface area contributed by atoms with Crippen LogP contribution in [0.2, 0.25) is 0 Å². The summed E-state index contributed by atoms with van der Waals surface area (Å²) in [6.07, 6.45) is 0. The highest BCUT2D eigenvalue weighted by molar-refractivity contribution is 5.95. The molecule has 0 aliphatic carbocycles. The minimum atomic E-state index is -0.146. The van der Waals surface area contributed by atoms with Crippen LogP contribution in [0.5, 0.6) is 11.5 Å². The van der Waals surface area contributed by atoms with Crippen LogP contribution in [-0.2, 0) is 0 Å². The van der Waals surface area contributed by atoms with E-state index in [1.807, 2.05) is 30.3 Å². The Bertz CT molecular complexity index is 832. The van der Waals surface area contributed by atoms with E-state index in [0.29, 0.717) is 56.5 Å². The SMILES string of the molecule is O=C(Nc1ccccc1)N1CCN(C(=O)c2ccc3c(c2)OCCO3)CC1. The summed E-state index contributed by atoms with van der Waals surface area (Å²) in [7, 11) is 0. The number of nitrogens with zero attached hydrogens (tertiary/aromatic N) is 2. The summed E-state index contributed by atoms with van der Waals surface area (Å²) in [5, 5.41) is 2.87. The summed E-state index contributed by atoms with van der Waals surface area (Å²) in [5.74, 6) is 1.21. The molecular weight excluding hydrogens is 346 g/mol. The third-order valence-corrected chi connectivity index (χ3v) is 4.67. The van der Waals surface area contributed by atoms with E-state index in [0.717, 1.165) is 5.69 Å².